The van der Waals surface area contributed by atoms with Crippen LogP contribution in [0.4, 0.5) is 8.78 Å². The lowest BCUT2D eigenvalue weighted by Crippen LogP contribution is -2.26. The van der Waals surface area contributed by atoms with Gasteiger partial charge in [-0.2, -0.15) is 0 Å². The first-order valence-corrected chi connectivity index (χ1v) is 6.63. The first-order valence-electron chi connectivity index (χ1n) is 5.46. The van der Waals surface area contributed by atoms with E-state index in [1.54, 1.807) is 12.1 Å². The number of aliphatic hydroxyl groups is 1. The Balaban J connectivity index is 2.62. The van der Waals surface area contributed by atoms with Crippen molar-refractivity contribution in [1.82, 2.24) is 0 Å². The summed E-state index contributed by atoms with van der Waals surface area (Å²) in [6, 6.07) is 8.53. The molecule has 0 aliphatic rings. The molecule has 0 amide bonds. The van der Waals surface area contributed by atoms with Crippen LogP contribution in [0.25, 0.3) is 0 Å². The monoisotopic (exact) mass is 346 g/mol. The van der Waals surface area contributed by atoms with Gasteiger partial charge in [0.15, 0.2) is 0 Å². The maximum atomic E-state index is 14.1. The Morgan fingerprint density at radius 3 is 2.26 bits per heavy atom. The fraction of sp³-hybridized carbons (Fsp3) is 0.143. The number of benzene rings is 2. The summed E-state index contributed by atoms with van der Waals surface area (Å²) in [6.07, 6.45) is 0. The molecule has 0 bridgehead atoms. The molecule has 0 radical (unpaired) electrons. The second-order valence-electron chi connectivity index (χ2n) is 4.30. The molecule has 0 fully saturated rings. The molecule has 19 heavy (non-hydrogen) atoms. The van der Waals surface area contributed by atoms with E-state index in [0.29, 0.717) is 10.6 Å². The zero-order chi connectivity index (χ0) is 14.2. The largest absolute Gasteiger partial charge is 0.380 e. The highest BCUT2D eigenvalue weighted by Crippen LogP contribution is 2.35. The van der Waals surface area contributed by atoms with Crippen molar-refractivity contribution in [1.29, 1.82) is 0 Å². The molecule has 0 saturated heterocycles. The molecule has 0 aliphatic heterocycles. The van der Waals surface area contributed by atoms with Crippen LogP contribution in [0, 0.1) is 11.6 Å². The van der Waals surface area contributed by atoms with E-state index in [1.807, 2.05) is 0 Å². The third kappa shape index (κ3) is 2.66. The van der Waals surface area contributed by atoms with Crippen molar-refractivity contribution >= 4 is 27.5 Å². The normalized spacial score (nSPS) is 14.2. The van der Waals surface area contributed by atoms with Crippen LogP contribution in [-0.4, -0.2) is 5.11 Å². The summed E-state index contributed by atoms with van der Waals surface area (Å²) in [4.78, 5) is 0. The van der Waals surface area contributed by atoms with Crippen LogP contribution in [0.15, 0.2) is 40.9 Å². The fourth-order valence-corrected chi connectivity index (χ4v) is 2.35. The average molecular weight is 348 g/mol. The molecule has 2 aromatic rings. The van der Waals surface area contributed by atoms with Crippen LogP contribution < -0.4 is 0 Å². The van der Waals surface area contributed by atoms with E-state index in [2.05, 4.69) is 15.9 Å². The molecule has 0 spiro atoms. The smallest absolute Gasteiger partial charge is 0.146 e. The Labute approximate surface area is 123 Å². The molecule has 0 saturated carbocycles. The number of hydrogen-bond acceptors (Lipinski definition) is 1. The average Bonchev–Trinajstić information content (AvgIpc) is 2.34. The molecule has 1 atom stereocenters. The van der Waals surface area contributed by atoms with Gasteiger partial charge < -0.3 is 5.11 Å². The summed E-state index contributed by atoms with van der Waals surface area (Å²) in [6.45, 7) is 1.34. The van der Waals surface area contributed by atoms with Gasteiger partial charge in [-0.05, 0) is 52.7 Å². The van der Waals surface area contributed by atoms with Gasteiger partial charge in [0.25, 0.3) is 0 Å². The summed E-state index contributed by atoms with van der Waals surface area (Å²) in [5.41, 5.74) is -1.83. The predicted molar refractivity (Wildman–Crippen MR) is 74.2 cm³/mol. The van der Waals surface area contributed by atoms with E-state index < -0.39 is 22.8 Å². The molecular weight excluding hydrogens is 338 g/mol. The zero-order valence-corrected chi connectivity index (χ0v) is 12.3. The van der Waals surface area contributed by atoms with Crippen LogP contribution in [0.2, 0.25) is 5.02 Å². The lowest BCUT2D eigenvalue weighted by Gasteiger charge is -2.26. The molecule has 2 aromatic carbocycles. The van der Waals surface area contributed by atoms with Crippen molar-refractivity contribution in [3.8, 4) is 0 Å². The Bertz CT molecular complexity index is 612. The highest BCUT2D eigenvalue weighted by Gasteiger charge is 2.33. The Morgan fingerprint density at radius 2 is 1.68 bits per heavy atom. The molecule has 100 valence electrons. The summed E-state index contributed by atoms with van der Waals surface area (Å²) < 4.78 is 28.0. The van der Waals surface area contributed by atoms with Gasteiger partial charge in [-0.25, -0.2) is 8.78 Å². The van der Waals surface area contributed by atoms with E-state index in [0.717, 1.165) is 6.07 Å². The minimum absolute atomic E-state index is 0.0955. The summed E-state index contributed by atoms with van der Waals surface area (Å²) in [5, 5.41) is 11.0. The summed E-state index contributed by atoms with van der Waals surface area (Å²) >= 11 is 8.74. The molecule has 2 rings (SSSR count). The highest BCUT2D eigenvalue weighted by atomic mass is 79.9. The first-order chi connectivity index (χ1) is 8.84. The highest BCUT2D eigenvalue weighted by molar-refractivity contribution is 9.10. The lowest BCUT2D eigenvalue weighted by molar-refractivity contribution is 0.0932. The van der Waals surface area contributed by atoms with Crippen molar-refractivity contribution in [3.05, 3.63) is 68.7 Å². The molecule has 1 unspecified atom stereocenters. The van der Waals surface area contributed by atoms with Gasteiger partial charge in [0.1, 0.15) is 17.2 Å². The van der Waals surface area contributed by atoms with Crippen molar-refractivity contribution in [2.75, 3.05) is 0 Å². The SMILES string of the molecule is CC(O)(c1ccc(Cl)cc1)c1c(F)ccc(Br)c1F. The van der Waals surface area contributed by atoms with E-state index in [4.69, 9.17) is 11.6 Å². The maximum Gasteiger partial charge on any atom is 0.146 e. The van der Waals surface area contributed by atoms with Crippen LogP contribution >= 0.6 is 27.5 Å². The third-order valence-electron chi connectivity index (χ3n) is 2.94. The Morgan fingerprint density at radius 1 is 1.11 bits per heavy atom. The molecule has 1 nitrogen and oxygen atoms in total. The van der Waals surface area contributed by atoms with Crippen LogP contribution in [0.3, 0.4) is 0 Å². The number of halogens is 4. The van der Waals surface area contributed by atoms with Crippen molar-refractivity contribution in [2.24, 2.45) is 0 Å². The van der Waals surface area contributed by atoms with E-state index >= 15 is 0 Å². The van der Waals surface area contributed by atoms with E-state index in [9.17, 15) is 13.9 Å². The molecular formula is C14H10BrClF2O. The van der Waals surface area contributed by atoms with E-state index in [1.165, 1.54) is 25.1 Å². The second-order valence-corrected chi connectivity index (χ2v) is 5.59. The van der Waals surface area contributed by atoms with Crippen molar-refractivity contribution in [3.63, 3.8) is 0 Å². The number of rotatable bonds is 2. The van der Waals surface area contributed by atoms with Gasteiger partial charge in [-0.1, -0.05) is 23.7 Å². The topological polar surface area (TPSA) is 20.2 Å². The Kier molecular flexibility index (Phi) is 3.95. The Hall–Kier alpha value is -0.970. The second kappa shape index (κ2) is 5.19. The van der Waals surface area contributed by atoms with Crippen molar-refractivity contribution in [2.45, 2.75) is 12.5 Å². The quantitative estimate of drug-likeness (QED) is 0.785. The van der Waals surface area contributed by atoms with Gasteiger partial charge in [-0.3, -0.25) is 0 Å². The van der Waals surface area contributed by atoms with Gasteiger partial charge in [0.2, 0.25) is 0 Å². The molecule has 1 N–H and O–H groups in total. The molecule has 5 heteroatoms. The molecule has 0 heterocycles. The van der Waals surface area contributed by atoms with Gasteiger partial charge in [-0.15, -0.1) is 0 Å². The molecule has 0 aliphatic carbocycles. The lowest BCUT2D eigenvalue weighted by atomic mass is 9.87. The third-order valence-corrected chi connectivity index (χ3v) is 3.80. The van der Waals surface area contributed by atoms with Gasteiger partial charge in [0, 0.05) is 5.02 Å². The van der Waals surface area contributed by atoms with Gasteiger partial charge in [0.05, 0.1) is 10.0 Å². The molecule has 0 aromatic heterocycles. The standard InChI is InChI=1S/C14H10BrClF2O/c1-14(19,8-2-4-9(16)5-3-8)12-11(17)7-6-10(15)13(12)18/h2-7,19H,1H3. The first kappa shape index (κ1) is 14.4. The van der Waals surface area contributed by atoms with Crippen LogP contribution in [0.5, 0.6) is 0 Å². The summed E-state index contributed by atoms with van der Waals surface area (Å²) in [7, 11) is 0. The van der Waals surface area contributed by atoms with E-state index in [-0.39, 0.29) is 4.47 Å². The predicted octanol–water partition coefficient (Wildman–Crippen LogP) is 4.64. The van der Waals surface area contributed by atoms with Crippen LogP contribution in [0.1, 0.15) is 18.1 Å². The minimum atomic E-state index is -1.79. The van der Waals surface area contributed by atoms with Crippen LogP contribution in [-0.2, 0) is 5.60 Å². The number of hydrogen-bond donors (Lipinski definition) is 1. The van der Waals surface area contributed by atoms with Gasteiger partial charge >= 0.3 is 0 Å². The fourth-order valence-electron chi connectivity index (χ4n) is 1.89. The minimum Gasteiger partial charge on any atom is -0.380 e. The van der Waals surface area contributed by atoms with Crippen molar-refractivity contribution < 1.29 is 13.9 Å². The maximum absolute atomic E-state index is 14.1. The summed E-state index contributed by atoms with van der Waals surface area (Å²) in [5.74, 6) is -1.62. The zero-order valence-electron chi connectivity index (χ0n) is 9.92.